The number of nitrogens with one attached hydrogen (secondary N) is 1. The van der Waals surface area contributed by atoms with Gasteiger partial charge in [0.05, 0.1) is 12.8 Å². The number of nitrogens with two attached hydrogens (primary N) is 1. The van der Waals surface area contributed by atoms with Gasteiger partial charge in [-0.2, -0.15) is 5.10 Å². The maximum Gasteiger partial charge on any atom is 0.323 e. The molecule has 0 bridgehead atoms. The van der Waals surface area contributed by atoms with Crippen LogP contribution in [0.2, 0.25) is 0 Å². The van der Waals surface area contributed by atoms with Crippen LogP contribution in [0.5, 0.6) is 0 Å². The van der Waals surface area contributed by atoms with Crippen LogP contribution < -0.4 is 5.73 Å². The Morgan fingerprint density at radius 3 is 2.80 bits per heavy atom. The first-order valence-corrected chi connectivity index (χ1v) is 4.96. The van der Waals surface area contributed by atoms with Crippen molar-refractivity contribution in [2.24, 2.45) is 5.73 Å². The topological polar surface area (TPSA) is 81.0 Å². The van der Waals surface area contributed by atoms with E-state index in [4.69, 9.17) is 5.73 Å². The van der Waals surface area contributed by atoms with Crippen molar-refractivity contribution in [3.8, 4) is 0 Å². The molecule has 0 saturated heterocycles. The summed E-state index contributed by atoms with van der Waals surface area (Å²) in [6.07, 6.45) is 1.79. The third kappa shape index (κ3) is 1.52. The van der Waals surface area contributed by atoms with E-state index in [2.05, 4.69) is 14.9 Å². The highest BCUT2D eigenvalue weighted by Gasteiger charge is 2.54. The molecule has 0 aromatic carbocycles. The normalized spacial score (nSPS) is 19.7. The van der Waals surface area contributed by atoms with Crippen LogP contribution in [0.3, 0.4) is 0 Å². The number of H-pyrrole nitrogens is 1. The number of aromatic nitrogens is 2. The second kappa shape index (κ2) is 3.34. The minimum atomic E-state index is -0.606. The summed E-state index contributed by atoms with van der Waals surface area (Å²) in [6, 6.07) is 1.33. The Labute approximate surface area is 88.0 Å². The zero-order valence-electron chi connectivity index (χ0n) is 8.91. The van der Waals surface area contributed by atoms with Gasteiger partial charge in [0, 0.05) is 11.1 Å². The molecule has 1 atom stereocenters. The first kappa shape index (κ1) is 10.2. The minimum absolute atomic E-state index is 0.294. The summed E-state index contributed by atoms with van der Waals surface area (Å²) >= 11 is 0. The summed E-state index contributed by atoms with van der Waals surface area (Å²) in [7, 11) is 1.36. The fourth-order valence-electron chi connectivity index (χ4n) is 1.89. The third-order valence-electron chi connectivity index (χ3n) is 3.06. The Bertz CT molecular complexity index is 382. The number of carbonyl (C=O) groups is 1. The molecule has 1 aromatic heterocycles. The van der Waals surface area contributed by atoms with Gasteiger partial charge in [-0.05, 0) is 25.8 Å². The first-order chi connectivity index (χ1) is 7.10. The number of aromatic amines is 1. The molecule has 1 heterocycles. The zero-order valence-corrected chi connectivity index (χ0v) is 8.91. The molecule has 0 aliphatic heterocycles. The van der Waals surface area contributed by atoms with Crippen molar-refractivity contribution in [1.82, 2.24) is 10.2 Å². The molecule has 5 heteroatoms. The standard InChI is InChI=1S/C10H15N3O2/c1-6-5-7(13-12-6)10(3-4-10)8(11)9(14)15-2/h5,8H,3-4,11H2,1-2H3,(H,12,13). The number of aryl methyl sites for hydroxylation is 1. The monoisotopic (exact) mass is 209 g/mol. The van der Waals surface area contributed by atoms with E-state index in [0.717, 1.165) is 24.2 Å². The van der Waals surface area contributed by atoms with Crippen LogP contribution in [0, 0.1) is 6.92 Å². The van der Waals surface area contributed by atoms with Crippen molar-refractivity contribution in [3.63, 3.8) is 0 Å². The van der Waals surface area contributed by atoms with Gasteiger partial charge < -0.3 is 10.5 Å². The Morgan fingerprint density at radius 1 is 1.73 bits per heavy atom. The maximum atomic E-state index is 11.4. The third-order valence-corrected chi connectivity index (χ3v) is 3.06. The Morgan fingerprint density at radius 2 is 2.40 bits per heavy atom. The summed E-state index contributed by atoms with van der Waals surface area (Å²) < 4.78 is 4.66. The molecule has 0 amide bonds. The number of nitrogens with zero attached hydrogens (tertiary/aromatic N) is 1. The largest absolute Gasteiger partial charge is 0.468 e. The molecule has 1 unspecified atom stereocenters. The number of hydrogen-bond donors (Lipinski definition) is 2. The molecule has 3 N–H and O–H groups in total. The molecule has 82 valence electrons. The molecule has 1 aromatic rings. The lowest BCUT2D eigenvalue weighted by Gasteiger charge is -2.18. The van der Waals surface area contributed by atoms with Crippen LogP contribution in [-0.2, 0) is 14.9 Å². The Hall–Kier alpha value is -1.36. The van der Waals surface area contributed by atoms with Crippen LogP contribution in [0.25, 0.3) is 0 Å². The second-order valence-corrected chi connectivity index (χ2v) is 4.09. The van der Waals surface area contributed by atoms with Gasteiger partial charge >= 0.3 is 5.97 Å². The van der Waals surface area contributed by atoms with Crippen LogP contribution in [0.4, 0.5) is 0 Å². The van der Waals surface area contributed by atoms with E-state index < -0.39 is 6.04 Å². The van der Waals surface area contributed by atoms with Gasteiger partial charge in [0.1, 0.15) is 6.04 Å². The van der Waals surface area contributed by atoms with Crippen LogP contribution in [-0.4, -0.2) is 29.3 Å². The summed E-state index contributed by atoms with van der Waals surface area (Å²) in [5, 5.41) is 7.04. The lowest BCUT2D eigenvalue weighted by Crippen LogP contribution is -2.43. The van der Waals surface area contributed by atoms with E-state index in [1.54, 1.807) is 0 Å². The highest BCUT2D eigenvalue weighted by molar-refractivity contribution is 5.78. The molecule has 2 rings (SSSR count). The highest BCUT2D eigenvalue weighted by Crippen LogP contribution is 2.49. The van der Waals surface area contributed by atoms with Gasteiger partial charge in [0.25, 0.3) is 0 Å². The lowest BCUT2D eigenvalue weighted by atomic mass is 9.93. The second-order valence-electron chi connectivity index (χ2n) is 4.09. The fraction of sp³-hybridized carbons (Fsp3) is 0.600. The van der Waals surface area contributed by atoms with Crippen molar-refractivity contribution >= 4 is 5.97 Å². The molecule has 15 heavy (non-hydrogen) atoms. The number of esters is 1. The predicted molar refractivity (Wildman–Crippen MR) is 54.2 cm³/mol. The fourth-order valence-corrected chi connectivity index (χ4v) is 1.89. The molecule has 1 fully saturated rings. The SMILES string of the molecule is COC(=O)C(N)C1(c2cc(C)[nH]n2)CC1. The van der Waals surface area contributed by atoms with E-state index in [-0.39, 0.29) is 11.4 Å². The molecule has 0 spiro atoms. The quantitative estimate of drug-likeness (QED) is 0.699. The molecule has 1 saturated carbocycles. The van der Waals surface area contributed by atoms with E-state index in [0.29, 0.717) is 0 Å². The maximum absolute atomic E-state index is 11.4. The molecule has 1 aliphatic rings. The lowest BCUT2D eigenvalue weighted by molar-refractivity contribution is -0.143. The molecule has 5 nitrogen and oxygen atoms in total. The van der Waals surface area contributed by atoms with E-state index in [1.165, 1.54) is 7.11 Å². The van der Waals surface area contributed by atoms with Crippen molar-refractivity contribution in [2.45, 2.75) is 31.2 Å². The number of ether oxygens (including phenoxy) is 1. The van der Waals surface area contributed by atoms with Gasteiger partial charge in [-0.3, -0.25) is 9.89 Å². The average Bonchev–Trinajstić information content (AvgIpc) is 2.94. The number of hydrogen-bond acceptors (Lipinski definition) is 4. The van der Waals surface area contributed by atoms with Crippen molar-refractivity contribution < 1.29 is 9.53 Å². The molecular formula is C10H15N3O2. The number of rotatable bonds is 3. The predicted octanol–water partition coefficient (Wildman–Crippen LogP) is 0.250. The van der Waals surface area contributed by atoms with Crippen molar-refractivity contribution in [2.75, 3.05) is 7.11 Å². The average molecular weight is 209 g/mol. The minimum Gasteiger partial charge on any atom is -0.468 e. The van der Waals surface area contributed by atoms with Gasteiger partial charge in [-0.25, -0.2) is 0 Å². The van der Waals surface area contributed by atoms with Crippen molar-refractivity contribution in [3.05, 3.63) is 17.5 Å². The van der Waals surface area contributed by atoms with Gasteiger partial charge in [0.15, 0.2) is 0 Å². The Kier molecular flexibility index (Phi) is 2.26. The Balaban J connectivity index is 2.24. The van der Waals surface area contributed by atoms with Crippen LogP contribution in [0.1, 0.15) is 24.2 Å². The van der Waals surface area contributed by atoms with Gasteiger partial charge in [-0.1, -0.05) is 0 Å². The van der Waals surface area contributed by atoms with Crippen LogP contribution >= 0.6 is 0 Å². The molecule has 0 radical (unpaired) electrons. The first-order valence-electron chi connectivity index (χ1n) is 4.96. The summed E-state index contributed by atoms with van der Waals surface area (Å²) in [6.45, 7) is 1.93. The number of carbonyl (C=O) groups excluding carboxylic acids is 1. The summed E-state index contributed by atoms with van der Waals surface area (Å²) in [5.74, 6) is -0.367. The summed E-state index contributed by atoms with van der Waals surface area (Å²) in [4.78, 5) is 11.4. The van der Waals surface area contributed by atoms with Gasteiger partial charge in [-0.15, -0.1) is 0 Å². The van der Waals surface area contributed by atoms with Crippen LogP contribution in [0.15, 0.2) is 6.07 Å². The van der Waals surface area contributed by atoms with Gasteiger partial charge in [0.2, 0.25) is 0 Å². The number of methoxy groups -OCH3 is 1. The van der Waals surface area contributed by atoms with E-state index in [1.807, 2.05) is 13.0 Å². The van der Waals surface area contributed by atoms with E-state index in [9.17, 15) is 4.79 Å². The highest BCUT2D eigenvalue weighted by atomic mass is 16.5. The van der Waals surface area contributed by atoms with E-state index >= 15 is 0 Å². The zero-order chi connectivity index (χ0) is 11.1. The summed E-state index contributed by atoms with van der Waals surface area (Å²) in [5.41, 5.74) is 7.44. The van der Waals surface area contributed by atoms with Crippen molar-refractivity contribution in [1.29, 1.82) is 0 Å². The molecule has 1 aliphatic carbocycles. The smallest absolute Gasteiger partial charge is 0.323 e. The molecular weight excluding hydrogens is 194 g/mol.